The Morgan fingerprint density at radius 3 is 2.81 bits per heavy atom. The lowest BCUT2D eigenvalue weighted by atomic mass is 10.1. The number of nitrogens with two attached hydrogens (primary N) is 1. The molecule has 7 heteroatoms. The van der Waals surface area contributed by atoms with Crippen LogP contribution < -0.4 is 11.1 Å². The van der Waals surface area contributed by atoms with E-state index in [0.717, 1.165) is 5.56 Å². The first-order valence-corrected chi connectivity index (χ1v) is 6.83. The molecule has 0 radical (unpaired) electrons. The number of rotatable bonds is 3. The van der Waals surface area contributed by atoms with Crippen molar-refractivity contribution in [2.75, 3.05) is 5.32 Å². The molecule has 21 heavy (non-hydrogen) atoms. The third-order valence-electron chi connectivity index (χ3n) is 2.86. The van der Waals surface area contributed by atoms with Gasteiger partial charge in [0.2, 0.25) is 0 Å². The predicted molar refractivity (Wildman–Crippen MR) is 83.6 cm³/mol. The lowest BCUT2D eigenvalue weighted by Crippen LogP contribution is -2.21. The molecular weight excluding hydrogens is 336 g/mol. The molecule has 1 amide bonds. The number of halogens is 1. The van der Waals surface area contributed by atoms with E-state index in [-0.39, 0.29) is 17.4 Å². The van der Waals surface area contributed by atoms with Gasteiger partial charge in [0.05, 0.1) is 5.69 Å². The molecule has 0 fully saturated rings. The van der Waals surface area contributed by atoms with E-state index in [2.05, 4.69) is 31.4 Å². The maximum absolute atomic E-state index is 12.3. The summed E-state index contributed by atoms with van der Waals surface area (Å²) >= 11 is 3.27. The van der Waals surface area contributed by atoms with Crippen molar-refractivity contribution in [3.8, 4) is 0 Å². The quantitative estimate of drug-likeness (QED) is 0.343. The van der Waals surface area contributed by atoms with Crippen molar-refractivity contribution in [1.82, 2.24) is 4.98 Å². The molecule has 0 unspecified atom stereocenters. The minimum Gasteiger partial charge on any atom is -0.409 e. The fourth-order valence-electron chi connectivity index (χ4n) is 1.90. The Balaban J connectivity index is 2.39. The molecule has 0 bridgehead atoms. The van der Waals surface area contributed by atoms with E-state index >= 15 is 0 Å². The number of amides is 1. The molecule has 1 aromatic heterocycles. The number of amidine groups is 1. The van der Waals surface area contributed by atoms with Gasteiger partial charge >= 0.3 is 0 Å². The monoisotopic (exact) mass is 348 g/mol. The third kappa shape index (κ3) is 3.19. The normalized spacial score (nSPS) is 11.2. The molecule has 0 atom stereocenters. The Bertz CT molecular complexity index is 716. The zero-order valence-electron chi connectivity index (χ0n) is 11.2. The molecule has 0 spiro atoms. The van der Waals surface area contributed by atoms with E-state index in [1.165, 1.54) is 6.20 Å². The lowest BCUT2D eigenvalue weighted by Gasteiger charge is -2.12. The molecule has 2 rings (SSSR count). The highest BCUT2D eigenvalue weighted by molar-refractivity contribution is 9.10. The van der Waals surface area contributed by atoms with Gasteiger partial charge in [0, 0.05) is 16.2 Å². The number of nitrogens with one attached hydrogen (secondary N) is 1. The minimum absolute atomic E-state index is 0.0662. The van der Waals surface area contributed by atoms with Gasteiger partial charge in [-0.15, -0.1) is 0 Å². The number of hydrogen-bond acceptors (Lipinski definition) is 4. The molecular formula is C14H13BrN4O2. The summed E-state index contributed by atoms with van der Waals surface area (Å²) < 4.78 is 0.584. The second-order valence-electron chi connectivity index (χ2n) is 4.27. The van der Waals surface area contributed by atoms with Gasteiger partial charge < -0.3 is 16.3 Å². The van der Waals surface area contributed by atoms with Crippen LogP contribution in [0.2, 0.25) is 0 Å². The van der Waals surface area contributed by atoms with E-state index < -0.39 is 0 Å². The van der Waals surface area contributed by atoms with E-state index in [9.17, 15) is 4.79 Å². The van der Waals surface area contributed by atoms with Gasteiger partial charge in [-0.05, 0) is 46.6 Å². The van der Waals surface area contributed by atoms with Crippen LogP contribution in [0.3, 0.4) is 0 Å². The van der Waals surface area contributed by atoms with Gasteiger partial charge in [0.15, 0.2) is 5.84 Å². The summed E-state index contributed by atoms with van der Waals surface area (Å²) in [4.78, 5) is 16.3. The summed E-state index contributed by atoms with van der Waals surface area (Å²) in [6.07, 6.45) is 1.53. The van der Waals surface area contributed by atoms with E-state index in [4.69, 9.17) is 10.9 Å². The zero-order valence-corrected chi connectivity index (χ0v) is 12.8. The van der Waals surface area contributed by atoms with Crippen molar-refractivity contribution in [1.29, 1.82) is 0 Å². The highest BCUT2D eigenvalue weighted by Crippen LogP contribution is 2.21. The van der Waals surface area contributed by atoms with E-state index in [0.29, 0.717) is 15.7 Å². The lowest BCUT2D eigenvalue weighted by molar-refractivity contribution is 0.102. The molecule has 1 heterocycles. The van der Waals surface area contributed by atoms with Crippen LogP contribution in [0.25, 0.3) is 0 Å². The first-order valence-electron chi connectivity index (χ1n) is 6.04. The summed E-state index contributed by atoms with van der Waals surface area (Å²) in [5.74, 6) is -0.455. The van der Waals surface area contributed by atoms with Crippen molar-refractivity contribution in [2.24, 2.45) is 10.9 Å². The van der Waals surface area contributed by atoms with Gasteiger partial charge in [-0.2, -0.15) is 0 Å². The molecule has 0 saturated carbocycles. The van der Waals surface area contributed by atoms with Crippen molar-refractivity contribution in [3.63, 3.8) is 0 Å². The second-order valence-corrected chi connectivity index (χ2v) is 5.13. The number of benzene rings is 1. The topological polar surface area (TPSA) is 101 Å². The second kappa shape index (κ2) is 6.36. The van der Waals surface area contributed by atoms with Gasteiger partial charge in [-0.1, -0.05) is 17.3 Å². The number of pyridine rings is 1. The largest absolute Gasteiger partial charge is 0.409 e. The predicted octanol–water partition coefficient (Wildman–Crippen LogP) is 2.50. The van der Waals surface area contributed by atoms with Crippen LogP contribution in [-0.4, -0.2) is 21.9 Å². The van der Waals surface area contributed by atoms with Crippen LogP contribution in [0.5, 0.6) is 0 Å². The number of anilines is 1. The summed E-state index contributed by atoms with van der Waals surface area (Å²) in [5, 5.41) is 14.6. The SMILES string of the molecule is Cc1cccc(NC(=O)c2ncccc2Br)c1/C(N)=N/O. The molecule has 6 nitrogen and oxygen atoms in total. The molecule has 2 aromatic rings. The van der Waals surface area contributed by atoms with Gasteiger partial charge in [0.1, 0.15) is 5.69 Å². The average Bonchev–Trinajstić information content (AvgIpc) is 2.47. The first kappa shape index (κ1) is 15.0. The molecule has 0 saturated heterocycles. The van der Waals surface area contributed by atoms with Crippen molar-refractivity contribution in [3.05, 3.63) is 57.8 Å². The highest BCUT2D eigenvalue weighted by atomic mass is 79.9. The van der Waals surface area contributed by atoms with E-state index in [1.807, 2.05) is 0 Å². The summed E-state index contributed by atoms with van der Waals surface area (Å²) in [7, 11) is 0. The van der Waals surface area contributed by atoms with E-state index in [1.54, 1.807) is 37.3 Å². The number of carbonyl (C=O) groups excluding carboxylic acids is 1. The van der Waals surface area contributed by atoms with Crippen LogP contribution in [0, 0.1) is 6.92 Å². The number of carbonyl (C=O) groups is 1. The molecule has 4 N–H and O–H groups in total. The zero-order chi connectivity index (χ0) is 15.4. The van der Waals surface area contributed by atoms with Crippen molar-refractivity contribution in [2.45, 2.75) is 6.92 Å². The van der Waals surface area contributed by atoms with Crippen molar-refractivity contribution < 1.29 is 10.0 Å². The Labute approximate surface area is 129 Å². The number of aromatic nitrogens is 1. The average molecular weight is 349 g/mol. The standard InChI is InChI=1S/C14H13BrN4O2/c1-8-4-2-6-10(11(8)13(16)19-21)18-14(20)12-9(15)5-3-7-17-12/h2-7,21H,1H3,(H2,16,19)(H,18,20). The molecule has 1 aromatic carbocycles. The maximum atomic E-state index is 12.3. The first-order chi connectivity index (χ1) is 10.0. The molecule has 0 aliphatic carbocycles. The van der Waals surface area contributed by atoms with Crippen LogP contribution >= 0.6 is 15.9 Å². The van der Waals surface area contributed by atoms with Crippen LogP contribution in [-0.2, 0) is 0 Å². The Morgan fingerprint density at radius 2 is 2.14 bits per heavy atom. The summed E-state index contributed by atoms with van der Waals surface area (Å²) in [6, 6.07) is 8.69. The van der Waals surface area contributed by atoms with Crippen LogP contribution in [0.15, 0.2) is 46.2 Å². The third-order valence-corrected chi connectivity index (χ3v) is 3.50. The highest BCUT2D eigenvalue weighted by Gasteiger charge is 2.16. The van der Waals surface area contributed by atoms with Crippen LogP contribution in [0.4, 0.5) is 5.69 Å². The maximum Gasteiger partial charge on any atom is 0.275 e. The van der Waals surface area contributed by atoms with Crippen LogP contribution in [0.1, 0.15) is 21.6 Å². The van der Waals surface area contributed by atoms with Gasteiger partial charge in [-0.3, -0.25) is 4.79 Å². The number of oxime groups is 1. The fraction of sp³-hybridized carbons (Fsp3) is 0.0714. The molecule has 108 valence electrons. The molecule has 0 aliphatic heterocycles. The Kier molecular flexibility index (Phi) is 4.54. The summed E-state index contributed by atoms with van der Waals surface area (Å²) in [6.45, 7) is 1.81. The molecule has 0 aliphatic rings. The Morgan fingerprint density at radius 1 is 1.38 bits per heavy atom. The number of nitrogens with zero attached hydrogens (tertiary/aromatic N) is 2. The smallest absolute Gasteiger partial charge is 0.275 e. The minimum atomic E-state index is -0.389. The Hall–Kier alpha value is -2.41. The van der Waals surface area contributed by atoms with Gasteiger partial charge in [0.25, 0.3) is 5.91 Å². The number of hydrogen-bond donors (Lipinski definition) is 3. The van der Waals surface area contributed by atoms with Gasteiger partial charge in [-0.25, -0.2) is 4.98 Å². The van der Waals surface area contributed by atoms with Crippen molar-refractivity contribution >= 4 is 33.4 Å². The fourth-order valence-corrected chi connectivity index (χ4v) is 2.33. The number of aryl methyl sites for hydroxylation is 1. The summed E-state index contributed by atoms with van der Waals surface area (Å²) in [5.41, 5.74) is 7.62.